The third-order valence-electron chi connectivity index (χ3n) is 6.62. The van der Waals surface area contributed by atoms with Gasteiger partial charge in [-0.15, -0.1) is 0 Å². The maximum atomic E-state index is 12.6. The van der Waals surface area contributed by atoms with Gasteiger partial charge in [-0.05, 0) is 62.3 Å². The first-order valence-electron chi connectivity index (χ1n) is 9.23. The van der Waals surface area contributed by atoms with Crippen LogP contribution in [0.15, 0.2) is 30.3 Å². The molecule has 2 saturated heterocycles. The summed E-state index contributed by atoms with van der Waals surface area (Å²) in [6.07, 6.45) is 7.62. The molecule has 0 bridgehead atoms. The lowest BCUT2D eigenvalue weighted by atomic mass is 9.62. The molecule has 1 spiro atoms. The molecule has 0 radical (unpaired) electrons. The van der Waals surface area contributed by atoms with Crippen molar-refractivity contribution in [3.05, 3.63) is 35.9 Å². The van der Waals surface area contributed by atoms with Gasteiger partial charge in [0.25, 0.3) is 0 Å². The van der Waals surface area contributed by atoms with E-state index in [0.717, 1.165) is 51.5 Å². The van der Waals surface area contributed by atoms with E-state index in [1.54, 1.807) is 0 Å². The molecule has 1 aromatic carbocycles. The molecule has 1 aliphatic carbocycles. The quantitative estimate of drug-likeness (QED) is 0.911. The molecule has 1 N–H and O–H groups in total. The highest BCUT2D eigenvalue weighted by molar-refractivity contribution is 5.78. The summed E-state index contributed by atoms with van der Waals surface area (Å²) in [7, 11) is 0. The Morgan fingerprint density at radius 3 is 2.78 bits per heavy atom. The smallest absolute Gasteiger partial charge is 0.223 e. The van der Waals surface area contributed by atoms with Crippen molar-refractivity contribution in [2.75, 3.05) is 6.54 Å². The number of nitrogens with zero attached hydrogens (tertiary/aromatic N) is 1. The third kappa shape index (κ3) is 2.50. The van der Waals surface area contributed by atoms with Crippen molar-refractivity contribution in [1.29, 1.82) is 0 Å². The van der Waals surface area contributed by atoms with Gasteiger partial charge < -0.3 is 10.0 Å². The molecule has 0 aromatic heterocycles. The zero-order valence-corrected chi connectivity index (χ0v) is 13.8. The number of aliphatic hydroxyl groups excluding tert-OH is 1. The molecule has 3 fully saturated rings. The van der Waals surface area contributed by atoms with Crippen LogP contribution in [0.4, 0.5) is 0 Å². The topological polar surface area (TPSA) is 40.5 Å². The Bertz CT molecular complexity index is 572. The first-order valence-corrected chi connectivity index (χ1v) is 9.23. The molecule has 1 amide bonds. The lowest BCUT2D eigenvalue weighted by molar-refractivity contribution is -0.140. The summed E-state index contributed by atoms with van der Waals surface area (Å²) in [6.45, 7) is 0.934. The Labute approximate surface area is 138 Å². The maximum absolute atomic E-state index is 12.6. The summed E-state index contributed by atoms with van der Waals surface area (Å²) in [5.41, 5.74) is 1.36. The summed E-state index contributed by atoms with van der Waals surface area (Å²) in [5.74, 6) is 1.11. The zero-order valence-electron chi connectivity index (χ0n) is 13.8. The van der Waals surface area contributed by atoms with Crippen LogP contribution in [0.2, 0.25) is 0 Å². The molecular formula is C20H27NO2. The molecule has 124 valence electrons. The molecule has 3 aliphatic rings. The first-order chi connectivity index (χ1) is 11.2. The number of rotatable bonds is 2. The highest BCUT2D eigenvalue weighted by Crippen LogP contribution is 2.52. The molecule has 2 aliphatic heterocycles. The number of carbonyl (C=O) groups excluding carboxylic acids is 1. The van der Waals surface area contributed by atoms with Crippen molar-refractivity contribution < 1.29 is 9.90 Å². The van der Waals surface area contributed by atoms with Crippen molar-refractivity contribution in [2.24, 2.45) is 11.8 Å². The second-order valence-electron chi connectivity index (χ2n) is 7.71. The van der Waals surface area contributed by atoms with Crippen LogP contribution in [0.25, 0.3) is 0 Å². The minimum Gasteiger partial charge on any atom is -0.393 e. The van der Waals surface area contributed by atoms with Gasteiger partial charge in [0.2, 0.25) is 5.91 Å². The summed E-state index contributed by atoms with van der Waals surface area (Å²) in [4.78, 5) is 14.8. The Balaban J connectivity index is 1.67. The first kappa shape index (κ1) is 15.2. The van der Waals surface area contributed by atoms with Crippen LogP contribution in [0.3, 0.4) is 0 Å². The molecule has 2 heterocycles. The highest BCUT2D eigenvalue weighted by Gasteiger charge is 2.55. The lowest BCUT2D eigenvalue weighted by Gasteiger charge is -2.51. The Morgan fingerprint density at radius 2 is 1.96 bits per heavy atom. The van der Waals surface area contributed by atoms with Gasteiger partial charge in [-0.25, -0.2) is 0 Å². The average Bonchev–Trinajstić information content (AvgIpc) is 2.93. The fraction of sp³-hybridized carbons (Fsp3) is 0.650. The lowest BCUT2D eigenvalue weighted by Crippen LogP contribution is -2.58. The normalized spacial score (nSPS) is 37.2. The van der Waals surface area contributed by atoms with Crippen LogP contribution in [-0.2, 0) is 11.2 Å². The van der Waals surface area contributed by atoms with Gasteiger partial charge >= 0.3 is 0 Å². The molecule has 1 aromatic rings. The van der Waals surface area contributed by atoms with Crippen LogP contribution >= 0.6 is 0 Å². The number of carbonyl (C=O) groups is 1. The van der Waals surface area contributed by atoms with Crippen LogP contribution < -0.4 is 0 Å². The monoisotopic (exact) mass is 313 g/mol. The minimum atomic E-state index is -0.221. The summed E-state index contributed by atoms with van der Waals surface area (Å²) in [5, 5.41) is 10.7. The summed E-state index contributed by atoms with van der Waals surface area (Å²) < 4.78 is 0. The second-order valence-corrected chi connectivity index (χ2v) is 7.71. The van der Waals surface area contributed by atoms with Crippen molar-refractivity contribution in [1.82, 2.24) is 4.90 Å². The van der Waals surface area contributed by atoms with Gasteiger partial charge in [0, 0.05) is 18.5 Å². The molecule has 1 saturated carbocycles. The van der Waals surface area contributed by atoms with E-state index in [2.05, 4.69) is 29.2 Å². The van der Waals surface area contributed by atoms with E-state index in [1.807, 2.05) is 6.07 Å². The van der Waals surface area contributed by atoms with Crippen LogP contribution in [0.1, 0.15) is 50.5 Å². The van der Waals surface area contributed by atoms with Gasteiger partial charge in [-0.2, -0.15) is 0 Å². The molecule has 3 nitrogen and oxygen atoms in total. The van der Waals surface area contributed by atoms with Crippen LogP contribution in [0.5, 0.6) is 0 Å². The molecular weight excluding hydrogens is 286 g/mol. The van der Waals surface area contributed by atoms with Gasteiger partial charge in [0.05, 0.1) is 6.10 Å². The van der Waals surface area contributed by atoms with E-state index < -0.39 is 0 Å². The number of benzene rings is 1. The SMILES string of the molecule is O=C1CCC[C@H]2[C@@H](Cc3ccccc3)[C@@H](O)CC[C@]23CCCN13. The Hall–Kier alpha value is -1.35. The average molecular weight is 313 g/mol. The number of amides is 1. The van der Waals surface area contributed by atoms with Crippen molar-refractivity contribution in [2.45, 2.75) is 63.0 Å². The van der Waals surface area contributed by atoms with Crippen molar-refractivity contribution >= 4 is 5.91 Å². The van der Waals surface area contributed by atoms with Gasteiger partial charge in [0.15, 0.2) is 0 Å². The third-order valence-corrected chi connectivity index (χ3v) is 6.62. The van der Waals surface area contributed by atoms with Crippen molar-refractivity contribution in [3.8, 4) is 0 Å². The minimum absolute atomic E-state index is 0.0479. The largest absolute Gasteiger partial charge is 0.393 e. The predicted molar refractivity (Wildman–Crippen MR) is 89.9 cm³/mol. The second kappa shape index (κ2) is 5.94. The molecule has 23 heavy (non-hydrogen) atoms. The van der Waals surface area contributed by atoms with Gasteiger partial charge in [-0.3, -0.25) is 4.79 Å². The van der Waals surface area contributed by atoms with E-state index in [1.165, 1.54) is 5.56 Å². The number of aliphatic hydroxyl groups is 1. The molecule has 4 atom stereocenters. The fourth-order valence-electron chi connectivity index (χ4n) is 5.64. The van der Waals surface area contributed by atoms with Crippen LogP contribution in [0, 0.1) is 11.8 Å². The summed E-state index contributed by atoms with van der Waals surface area (Å²) in [6, 6.07) is 10.5. The predicted octanol–water partition coefficient (Wildman–Crippen LogP) is 3.16. The molecule has 3 heteroatoms. The van der Waals surface area contributed by atoms with Gasteiger partial charge in [0.1, 0.15) is 0 Å². The van der Waals surface area contributed by atoms with Gasteiger partial charge in [-0.1, -0.05) is 30.3 Å². The fourth-order valence-corrected chi connectivity index (χ4v) is 5.64. The van der Waals surface area contributed by atoms with E-state index in [0.29, 0.717) is 18.2 Å². The summed E-state index contributed by atoms with van der Waals surface area (Å²) >= 11 is 0. The van der Waals surface area contributed by atoms with Crippen LogP contribution in [-0.4, -0.2) is 34.1 Å². The van der Waals surface area contributed by atoms with Crippen molar-refractivity contribution in [3.63, 3.8) is 0 Å². The molecule has 4 rings (SSSR count). The Kier molecular flexibility index (Phi) is 3.92. The highest BCUT2D eigenvalue weighted by atomic mass is 16.3. The zero-order chi connectivity index (χ0) is 15.9. The maximum Gasteiger partial charge on any atom is 0.223 e. The number of hydrogen-bond acceptors (Lipinski definition) is 2. The van der Waals surface area contributed by atoms with E-state index >= 15 is 0 Å². The van der Waals surface area contributed by atoms with E-state index in [4.69, 9.17) is 0 Å². The molecule has 0 unspecified atom stereocenters. The van der Waals surface area contributed by atoms with E-state index in [9.17, 15) is 9.90 Å². The van der Waals surface area contributed by atoms with E-state index in [-0.39, 0.29) is 17.6 Å². The Morgan fingerprint density at radius 1 is 1.13 bits per heavy atom. The number of hydrogen-bond donors (Lipinski definition) is 1. The standard InChI is InChI=1S/C20H27NO2/c22-18-10-12-20-11-5-13-21(20)19(23)9-4-8-17(20)16(18)14-15-6-2-1-3-7-15/h1-3,6-7,16-18,22H,4-5,8-14H2/t16-,17+,18+,20-/m1/s1.